The Hall–Kier alpha value is -1.09. The Morgan fingerprint density at radius 3 is 2.11 bits per heavy atom. The molecule has 19 heavy (non-hydrogen) atoms. The van der Waals surface area contributed by atoms with Crippen LogP contribution in [-0.4, -0.2) is 13.1 Å². The van der Waals surface area contributed by atoms with Crippen molar-refractivity contribution in [2.75, 3.05) is 23.7 Å². The maximum absolute atomic E-state index is 6.05. The van der Waals surface area contributed by atoms with Gasteiger partial charge in [-0.15, -0.1) is 0 Å². The van der Waals surface area contributed by atoms with Crippen molar-refractivity contribution in [2.24, 2.45) is 0 Å². The topological polar surface area (TPSA) is 24.1 Å². The Labute approximate surface area is 127 Å². The molecular formula is C14H13Cl3N2. The summed E-state index contributed by atoms with van der Waals surface area (Å²) in [6.45, 7) is 1.44. The highest BCUT2D eigenvalue weighted by Gasteiger charge is 2.01. The average molecular weight is 316 g/mol. The standard InChI is InChI=1S/C14H13Cl3N2/c15-10-5-6-12(17)14(9-10)19-8-7-18-13-4-2-1-3-11(13)16/h1-6,9,18-19H,7-8H2. The van der Waals surface area contributed by atoms with Crippen LogP contribution in [-0.2, 0) is 0 Å². The van der Waals surface area contributed by atoms with Gasteiger partial charge >= 0.3 is 0 Å². The number of nitrogens with one attached hydrogen (secondary N) is 2. The second kappa shape index (κ2) is 6.90. The number of hydrogen-bond acceptors (Lipinski definition) is 2. The van der Waals surface area contributed by atoms with Gasteiger partial charge in [0.25, 0.3) is 0 Å². The van der Waals surface area contributed by atoms with E-state index >= 15 is 0 Å². The van der Waals surface area contributed by atoms with Gasteiger partial charge in [0.1, 0.15) is 0 Å². The van der Waals surface area contributed by atoms with Crippen molar-refractivity contribution < 1.29 is 0 Å². The first-order valence-electron chi connectivity index (χ1n) is 5.84. The Bertz CT molecular complexity index is 558. The lowest BCUT2D eigenvalue weighted by molar-refractivity contribution is 1.08. The number of halogens is 3. The van der Waals surface area contributed by atoms with Crippen molar-refractivity contribution in [1.29, 1.82) is 0 Å². The van der Waals surface area contributed by atoms with E-state index in [-0.39, 0.29) is 0 Å². The number of benzene rings is 2. The lowest BCUT2D eigenvalue weighted by atomic mass is 10.3. The smallest absolute Gasteiger partial charge is 0.0638 e. The van der Waals surface area contributed by atoms with Gasteiger partial charge in [0.2, 0.25) is 0 Å². The lowest BCUT2D eigenvalue weighted by Gasteiger charge is -2.11. The third-order valence-electron chi connectivity index (χ3n) is 2.56. The van der Waals surface area contributed by atoms with Gasteiger partial charge in [-0.2, -0.15) is 0 Å². The van der Waals surface area contributed by atoms with Gasteiger partial charge in [-0.25, -0.2) is 0 Å². The molecular weight excluding hydrogens is 303 g/mol. The molecule has 0 bridgehead atoms. The largest absolute Gasteiger partial charge is 0.382 e. The normalized spacial score (nSPS) is 10.3. The highest BCUT2D eigenvalue weighted by Crippen LogP contribution is 2.25. The van der Waals surface area contributed by atoms with Crippen molar-refractivity contribution in [3.8, 4) is 0 Å². The van der Waals surface area contributed by atoms with E-state index < -0.39 is 0 Å². The summed E-state index contributed by atoms with van der Waals surface area (Å²) in [6, 6.07) is 13.0. The van der Waals surface area contributed by atoms with Crippen LogP contribution in [0.2, 0.25) is 15.1 Å². The van der Waals surface area contributed by atoms with Gasteiger partial charge in [-0.3, -0.25) is 0 Å². The quantitative estimate of drug-likeness (QED) is 0.744. The lowest BCUT2D eigenvalue weighted by Crippen LogP contribution is -2.14. The predicted molar refractivity (Wildman–Crippen MR) is 84.9 cm³/mol. The Balaban J connectivity index is 1.84. The molecule has 5 heteroatoms. The first-order valence-corrected chi connectivity index (χ1v) is 6.97. The molecule has 0 spiro atoms. The molecule has 0 radical (unpaired) electrons. The molecule has 0 aliphatic rings. The zero-order valence-corrected chi connectivity index (χ0v) is 12.4. The summed E-state index contributed by atoms with van der Waals surface area (Å²) in [6.07, 6.45) is 0. The summed E-state index contributed by atoms with van der Waals surface area (Å²) in [5.41, 5.74) is 1.75. The minimum absolute atomic E-state index is 0.655. The van der Waals surface area contributed by atoms with Crippen LogP contribution in [0, 0.1) is 0 Å². The molecule has 100 valence electrons. The third kappa shape index (κ3) is 4.20. The minimum atomic E-state index is 0.655. The first-order chi connectivity index (χ1) is 9.16. The van der Waals surface area contributed by atoms with Crippen molar-refractivity contribution in [3.05, 3.63) is 57.5 Å². The maximum atomic E-state index is 6.05. The van der Waals surface area contributed by atoms with E-state index in [1.807, 2.05) is 24.3 Å². The second-order valence-electron chi connectivity index (χ2n) is 3.96. The zero-order valence-electron chi connectivity index (χ0n) is 10.1. The highest BCUT2D eigenvalue weighted by atomic mass is 35.5. The average Bonchev–Trinajstić information content (AvgIpc) is 2.40. The molecule has 0 unspecified atom stereocenters. The number of para-hydroxylation sites is 1. The van der Waals surface area contributed by atoms with E-state index in [1.165, 1.54) is 0 Å². The van der Waals surface area contributed by atoms with Crippen LogP contribution in [0.25, 0.3) is 0 Å². The summed E-state index contributed by atoms with van der Waals surface area (Å²) in [4.78, 5) is 0. The Morgan fingerprint density at radius 1 is 0.737 bits per heavy atom. The zero-order chi connectivity index (χ0) is 13.7. The van der Waals surface area contributed by atoms with E-state index in [2.05, 4.69) is 10.6 Å². The van der Waals surface area contributed by atoms with E-state index in [0.29, 0.717) is 21.6 Å². The van der Waals surface area contributed by atoms with Crippen LogP contribution >= 0.6 is 34.8 Å². The molecule has 0 aliphatic heterocycles. The van der Waals surface area contributed by atoms with Gasteiger partial charge < -0.3 is 10.6 Å². The minimum Gasteiger partial charge on any atom is -0.382 e. The van der Waals surface area contributed by atoms with Crippen molar-refractivity contribution in [2.45, 2.75) is 0 Å². The molecule has 0 atom stereocenters. The first kappa shape index (κ1) is 14.3. The maximum Gasteiger partial charge on any atom is 0.0638 e. The molecule has 2 aromatic rings. The van der Waals surface area contributed by atoms with Gasteiger partial charge in [0.05, 0.1) is 21.4 Å². The SMILES string of the molecule is Clc1ccc(Cl)c(NCCNc2ccccc2Cl)c1. The third-order valence-corrected chi connectivity index (χ3v) is 3.45. The second-order valence-corrected chi connectivity index (χ2v) is 5.21. The van der Waals surface area contributed by atoms with Crippen LogP contribution in [0.4, 0.5) is 11.4 Å². The van der Waals surface area contributed by atoms with Crippen LogP contribution < -0.4 is 10.6 Å². The number of anilines is 2. The van der Waals surface area contributed by atoms with E-state index in [4.69, 9.17) is 34.8 Å². The van der Waals surface area contributed by atoms with E-state index in [0.717, 1.165) is 17.9 Å². The molecule has 0 amide bonds. The molecule has 2 rings (SSSR count). The molecule has 0 aromatic heterocycles. The molecule has 0 heterocycles. The van der Waals surface area contributed by atoms with Gasteiger partial charge in [-0.1, -0.05) is 46.9 Å². The molecule has 0 aliphatic carbocycles. The fourth-order valence-corrected chi connectivity index (χ4v) is 2.19. The molecule has 0 saturated carbocycles. The Morgan fingerprint density at radius 2 is 1.37 bits per heavy atom. The van der Waals surface area contributed by atoms with Crippen LogP contribution in [0.3, 0.4) is 0 Å². The van der Waals surface area contributed by atoms with Crippen molar-refractivity contribution >= 4 is 46.2 Å². The van der Waals surface area contributed by atoms with Gasteiger partial charge in [0, 0.05) is 18.1 Å². The van der Waals surface area contributed by atoms with E-state index in [9.17, 15) is 0 Å². The van der Waals surface area contributed by atoms with Crippen LogP contribution in [0.1, 0.15) is 0 Å². The van der Waals surface area contributed by atoms with Crippen molar-refractivity contribution in [3.63, 3.8) is 0 Å². The summed E-state index contributed by atoms with van der Waals surface area (Å²) in [5, 5.41) is 8.49. The monoisotopic (exact) mass is 314 g/mol. The van der Waals surface area contributed by atoms with Crippen molar-refractivity contribution in [1.82, 2.24) is 0 Å². The summed E-state index contributed by atoms with van der Waals surface area (Å²) < 4.78 is 0. The van der Waals surface area contributed by atoms with Crippen LogP contribution in [0.5, 0.6) is 0 Å². The van der Waals surface area contributed by atoms with E-state index in [1.54, 1.807) is 18.2 Å². The van der Waals surface area contributed by atoms with Gasteiger partial charge in [0.15, 0.2) is 0 Å². The fourth-order valence-electron chi connectivity index (χ4n) is 1.63. The fraction of sp³-hybridized carbons (Fsp3) is 0.143. The number of hydrogen-bond donors (Lipinski definition) is 2. The Kier molecular flexibility index (Phi) is 5.20. The number of rotatable bonds is 5. The molecule has 2 aromatic carbocycles. The summed E-state index contributed by atoms with van der Waals surface area (Å²) in [7, 11) is 0. The molecule has 2 N–H and O–H groups in total. The van der Waals surface area contributed by atoms with Crippen LogP contribution in [0.15, 0.2) is 42.5 Å². The summed E-state index contributed by atoms with van der Waals surface area (Å²) >= 11 is 18.0. The highest BCUT2D eigenvalue weighted by molar-refractivity contribution is 6.35. The molecule has 0 saturated heterocycles. The molecule has 2 nitrogen and oxygen atoms in total. The van der Waals surface area contributed by atoms with Gasteiger partial charge in [-0.05, 0) is 30.3 Å². The summed E-state index contributed by atoms with van der Waals surface area (Å²) in [5.74, 6) is 0. The predicted octanol–water partition coefficient (Wildman–Crippen LogP) is 5.17. The molecule has 0 fully saturated rings.